The Morgan fingerprint density at radius 1 is 1.16 bits per heavy atom. The third-order valence-corrected chi connectivity index (χ3v) is 4.54. The lowest BCUT2D eigenvalue weighted by atomic mass is 10.2. The molecule has 2 rings (SSSR count). The van der Waals surface area contributed by atoms with Crippen LogP contribution in [0.25, 0.3) is 0 Å². The van der Waals surface area contributed by atoms with E-state index in [4.69, 9.17) is 0 Å². The van der Waals surface area contributed by atoms with Crippen molar-refractivity contribution >= 4 is 15.8 Å². The smallest absolute Gasteiger partial charge is 0.267 e. The summed E-state index contributed by atoms with van der Waals surface area (Å²) in [6, 6.07) is 9.92. The lowest BCUT2D eigenvalue weighted by molar-refractivity contribution is -0.116. The molecule has 1 aromatic carbocycles. The molecule has 5 heteroatoms. The highest BCUT2D eigenvalue weighted by molar-refractivity contribution is 7.90. The van der Waals surface area contributed by atoms with Gasteiger partial charge in [0.15, 0.2) is 0 Å². The molecule has 0 unspecified atom stereocenters. The van der Waals surface area contributed by atoms with Crippen LogP contribution in [0.3, 0.4) is 0 Å². The predicted molar refractivity (Wildman–Crippen MR) is 72.6 cm³/mol. The monoisotopic (exact) mass is 277 g/mol. The van der Waals surface area contributed by atoms with Crippen molar-refractivity contribution in [2.24, 2.45) is 0 Å². The van der Waals surface area contributed by atoms with E-state index >= 15 is 0 Å². The molecule has 1 heterocycles. The Bertz CT molecular complexity index is 697. The van der Waals surface area contributed by atoms with Crippen LogP contribution in [-0.4, -0.2) is 18.2 Å². The number of ketones is 1. The quantitative estimate of drug-likeness (QED) is 0.860. The lowest BCUT2D eigenvalue weighted by Gasteiger charge is -2.09. The van der Waals surface area contributed by atoms with Crippen molar-refractivity contribution < 1.29 is 13.2 Å². The molecule has 0 radical (unpaired) electrons. The van der Waals surface area contributed by atoms with Gasteiger partial charge in [0.25, 0.3) is 10.0 Å². The second-order valence-corrected chi connectivity index (χ2v) is 6.31. The van der Waals surface area contributed by atoms with Crippen molar-refractivity contribution in [3.05, 3.63) is 53.9 Å². The maximum Gasteiger partial charge on any atom is 0.267 e. The average Bonchev–Trinajstić information content (AvgIpc) is 2.77. The molecule has 0 saturated heterocycles. The second kappa shape index (κ2) is 5.01. The highest BCUT2D eigenvalue weighted by Gasteiger charge is 2.19. The maximum absolute atomic E-state index is 12.5. The first kappa shape index (κ1) is 13.5. The van der Waals surface area contributed by atoms with Gasteiger partial charge in [0.2, 0.25) is 0 Å². The largest absolute Gasteiger partial charge is 0.300 e. The normalized spacial score (nSPS) is 11.5. The summed E-state index contributed by atoms with van der Waals surface area (Å²) < 4.78 is 26.1. The fourth-order valence-corrected chi connectivity index (χ4v) is 3.22. The summed E-state index contributed by atoms with van der Waals surface area (Å²) in [5, 5.41) is 0. The summed E-state index contributed by atoms with van der Waals surface area (Å²) in [5.74, 6) is -0.0703. The summed E-state index contributed by atoms with van der Waals surface area (Å²) in [6.07, 6.45) is 1.57. The molecule has 1 aromatic heterocycles. The van der Waals surface area contributed by atoms with Gasteiger partial charge in [0.1, 0.15) is 5.78 Å². The van der Waals surface area contributed by atoms with E-state index in [1.54, 1.807) is 36.4 Å². The van der Waals surface area contributed by atoms with E-state index in [2.05, 4.69) is 0 Å². The molecular formula is C14H15NO3S. The molecule has 4 nitrogen and oxygen atoms in total. The Hall–Kier alpha value is -1.88. The topological polar surface area (TPSA) is 56.1 Å². The molecule has 100 valence electrons. The first-order valence-electron chi connectivity index (χ1n) is 5.89. The summed E-state index contributed by atoms with van der Waals surface area (Å²) in [5.41, 5.74) is 1.48. The van der Waals surface area contributed by atoms with Crippen molar-refractivity contribution in [2.75, 3.05) is 0 Å². The Kier molecular flexibility index (Phi) is 3.57. The van der Waals surface area contributed by atoms with Crippen LogP contribution in [0.4, 0.5) is 0 Å². The minimum atomic E-state index is -3.62. The van der Waals surface area contributed by atoms with Crippen LogP contribution < -0.4 is 0 Å². The van der Waals surface area contributed by atoms with Crippen LogP contribution in [0.2, 0.25) is 0 Å². The van der Waals surface area contributed by atoms with Gasteiger partial charge in [-0.2, -0.15) is 0 Å². The van der Waals surface area contributed by atoms with E-state index in [-0.39, 0.29) is 17.1 Å². The van der Waals surface area contributed by atoms with Gasteiger partial charge in [-0.05, 0) is 38.1 Å². The van der Waals surface area contributed by atoms with Crippen LogP contribution in [0.15, 0.2) is 47.5 Å². The van der Waals surface area contributed by atoms with Crippen molar-refractivity contribution in [3.8, 4) is 0 Å². The van der Waals surface area contributed by atoms with Gasteiger partial charge in [-0.3, -0.25) is 4.79 Å². The Morgan fingerprint density at radius 2 is 1.79 bits per heavy atom. The third-order valence-electron chi connectivity index (χ3n) is 2.80. The standard InChI is InChI=1S/C14H15NO3S/c1-11-5-7-14(8-6-11)19(17,18)15-9-3-4-13(15)10-12(2)16/h3-9H,10H2,1-2H3. The molecule has 0 aliphatic rings. The highest BCUT2D eigenvalue weighted by Crippen LogP contribution is 2.17. The number of rotatable bonds is 4. The number of aryl methyl sites for hydroxylation is 1. The number of hydrogen-bond donors (Lipinski definition) is 0. The molecule has 0 bridgehead atoms. The van der Waals surface area contributed by atoms with Crippen LogP contribution >= 0.6 is 0 Å². The van der Waals surface area contributed by atoms with Crippen molar-refractivity contribution in [3.63, 3.8) is 0 Å². The Balaban J connectivity index is 2.48. The minimum absolute atomic E-state index is 0.0703. The average molecular weight is 277 g/mol. The number of aromatic nitrogens is 1. The summed E-state index contributed by atoms with van der Waals surface area (Å²) >= 11 is 0. The molecule has 0 aliphatic heterocycles. The molecule has 0 saturated carbocycles. The first-order chi connectivity index (χ1) is 8.91. The van der Waals surface area contributed by atoms with E-state index in [0.717, 1.165) is 5.56 Å². The van der Waals surface area contributed by atoms with Crippen LogP contribution in [0.5, 0.6) is 0 Å². The van der Waals surface area contributed by atoms with Gasteiger partial charge in [0.05, 0.1) is 4.90 Å². The van der Waals surface area contributed by atoms with E-state index in [1.807, 2.05) is 6.92 Å². The highest BCUT2D eigenvalue weighted by atomic mass is 32.2. The van der Waals surface area contributed by atoms with E-state index in [9.17, 15) is 13.2 Å². The van der Waals surface area contributed by atoms with Crippen LogP contribution in [-0.2, 0) is 21.2 Å². The molecule has 19 heavy (non-hydrogen) atoms. The summed E-state index contributed by atoms with van der Waals surface area (Å²) in [4.78, 5) is 11.4. The van der Waals surface area contributed by atoms with Crippen molar-refractivity contribution in [1.29, 1.82) is 0 Å². The molecule has 0 spiro atoms. The number of carbonyl (C=O) groups excluding carboxylic acids is 1. The fraction of sp³-hybridized carbons (Fsp3) is 0.214. The molecule has 0 atom stereocenters. The summed E-state index contributed by atoms with van der Waals surface area (Å²) in [7, 11) is -3.62. The zero-order valence-electron chi connectivity index (χ0n) is 10.8. The molecule has 0 N–H and O–H groups in total. The van der Waals surface area contributed by atoms with Gasteiger partial charge in [-0.1, -0.05) is 17.7 Å². The molecule has 2 aromatic rings. The third kappa shape index (κ3) is 2.76. The van der Waals surface area contributed by atoms with E-state index < -0.39 is 10.0 Å². The van der Waals surface area contributed by atoms with Gasteiger partial charge < -0.3 is 0 Å². The number of benzene rings is 1. The number of nitrogens with zero attached hydrogens (tertiary/aromatic N) is 1. The van der Waals surface area contributed by atoms with Crippen molar-refractivity contribution in [2.45, 2.75) is 25.2 Å². The van der Waals surface area contributed by atoms with Gasteiger partial charge in [0, 0.05) is 18.3 Å². The Morgan fingerprint density at radius 3 is 2.37 bits per heavy atom. The minimum Gasteiger partial charge on any atom is -0.300 e. The number of Topliss-reactive ketones (excluding diaryl/α,β-unsaturated/α-hetero) is 1. The number of hydrogen-bond acceptors (Lipinski definition) is 3. The lowest BCUT2D eigenvalue weighted by Crippen LogP contribution is -2.16. The van der Waals surface area contributed by atoms with Crippen molar-refractivity contribution in [1.82, 2.24) is 3.97 Å². The zero-order chi connectivity index (χ0) is 14.0. The van der Waals surface area contributed by atoms with Gasteiger partial charge >= 0.3 is 0 Å². The second-order valence-electron chi connectivity index (χ2n) is 4.49. The van der Waals surface area contributed by atoms with Crippen LogP contribution in [0, 0.1) is 6.92 Å². The van der Waals surface area contributed by atoms with E-state index in [1.165, 1.54) is 17.1 Å². The molecule has 0 amide bonds. The molecular weight excluding hydrogens is 262 g/mol. The first-order valence-corrected chi connectivity index (χ1v) is 7.33. The maximum atomic E-state index is 12.5. The predicted octanol–water partition coefficient (Wildman–Crippen LogP) is 2.17. The fourth-order valence-electron chi connectivity index (χ4n) is 1.85. The van der Waals surface area contributed by atoms with Crippen LogP contribution in [0.1, 0.15) is 18.2 Å². The molecule has 0 fully saturated rings. The molecule has 0 aliphatic carbocycles. The Labute approximate surface area is 112 Å². The number of carbonyl (C=O) groups is 1. The zero-order valence-corrected chi connectivity index (χ0v) is 11.6. The van der Waals surface area contributed by atoms with E-state index in [0.29, 0.717) is 5.69 Å². The van der Waals surface area contributed by atoms with Gasteiger partial charge in [-0.25, -0.2) is 12.4 Å². The SMILES string of the molecule is CC(=O)Cc1cccn1S(=O)(=O)c1ccc(C)cc1. The van der Waals surface area contributed by atoms with Gasteiger partial charge in [-0.15, -0.1) is 0 Å². The summed E-state index contributed by atoms with van der Waals surface area (Å²) in [6.45, 7) is 3.34.